The average molecular weight is 413 g/mol. The van der Waals surface area contributed by atoms with Crippen LogP contribution in [0.2, 0.25) is 0 Å². The Morgan fingerprint density at radius 2 is 1.68 bits per heavy atom. The maximum absolute atomic E-state index is 12.2. The molecule has 0 atom stereocenters. The Balaban J connectivity index is 1.51. The largest absolute Gasteiger partial charge is 0.497 e. The number of esters is 1. The lowest BCUT2D eigenvalue weighted by Crippen LogP contribution is -2.10. The molecule has 156 valence electrons. The second kappa shape index (κ2) is 11.2. The van der Waals surface area contributed by atoms with Gasteiger partial charge in [0.1, 0.15) is 17.2 Å². The third kappa shape index (κ3) is 6.76. The Morgan fingerprint density at radius 1 is 0.935 bits per heavy atom. The molecule has 0 radical (unpaired) electrons. The molecule has 0 aliphatic rings. The summed E-state index contributed by atoms with van der Waals surface area (Å²) in [6.45, 7) is 0.410. The zero-order chi connectivity index (χ0) is 21.9. The molecule has 0 aromatic heterocycles. The molecule has 3 aromatic rings. The van der Waals surface area contributed by atoms with E-state index in [1.165, 1.54) is 0 Å². The number of nitrogens with zero attached hydrogens (tertiary/aromatic N) is 1. The predicted octanol–water partition coefficient (Wildman–Crippen LogP) is 5.52. The molecule has 5 nitrogen and oxygen atoms in total. The van der Waals surface area contributed by atoms with Crippen LogP contribution in [-0.4, -0.2) is 19.7 Å². The van der Waals surface area contributed by atoms with Gasteiger partial charge in [-0.3, -0.25) is 4.79 Å². The van der Waals surface area contributed by atoms with Crippen LogP contribution in [0.1, 0.15) is 24.0 Å². The van der Waals surface area contributed by atoms with E-state index in [2.05, 4.69) is 6.07 Å². The van der Waals surface area contributed by atoms with Crippen LogP contribution in [0, 0.1) is 11.3 Å². The average Bonchev–Trinajstić information content (AvgIpc) is 2.81. The van der Waals surface area contributed by atoms with E-state index >= 15 is 0 Å². The summed E-state index contributed by atoms with van der Waals surface area (Å²) in [6.07, 6.45) is 2.55. The Bertz CT molecular complexity index is 1070. The molecule has 0 unspecified atom stereocenters. The van der Waals surface area contributed by atoms with Crippen molar-refractivity contribution >= 4 is 17.6 Å². The molecule has 3 aromatic carbocycles. The molecule has 0 amide bonds. The number of methoxy groups -OCH3 is 1. The van der Waals surface area contributed by atoms with Crippen LogP contribution in [0.4, 0.5) is 0 Å². The molecule has 0 saturated carbocycles. The van der Waals surface area contributed by atoms with E-state index in [-0.39, 0.29) is 12.4 Å². The fourth-order valence-corrected chi connectivity index (χ4v) is 2.89. The van der Waals surface area contributed by atoms with Gasteiger partial charge in [-0.15, -0.1) is 0 Å². The van der Waals surface area contributed by atoms with Crippen molar-refractivity contribution in [3.63, 3.8) is 0 Å². The molecule has 0 bridgehead atoms. The number of nitriles is 1. The van der Waals surface area contributed by atoms with Gasteiger partial charge in [0, 0.05) is 6.42 Å². The van der Waals surface area contributed by atoms with E-state index in [1.54, 1.807) is 31.4 Å². The van der Waals surface area contributed by atoms with Gasteiger partial charge in [-0.25, -0.2) is 0 Å². The van der Waals surface area contributed by atoms with E-state index in [9.17, 15) is 10.1 Å². The Labute approximate surface area is 182 Å². The second-order valence-corrected chi connectivity index (χ2v) is 6.71. The third-order valence-electron chi connectivity index (χ3n) is 4.46. The number of rotatable bonds is 9. The first kappa shape index (κ1) is 21.7. The molecule has 0 N–H and O–H groups in total. The normalized spacial score (nSPS) is 10.8. The highest BCUT2D eigenvalue weighted by molar-refractivity contribution is 5.89. The van der Waals surface area contributed by atoms with Gasteiger partial charge in [0.25, 0.3) is 0 Å². The Morgan fingerprint density at radius 3 is 2.39 bits per heavy atom. The summed E-state index contributed by atoms with van der Waals surface area (Å²) in [5.74, 6) is 1.60. The Kier molecular flexibility index (Phi) is 7.84. The number of hydrogen-bond donors (Lipinski definition) is 0. The highest BCUT2D eigenvalue weighted by atomic mass is 16.5. The first-order valence-corrected chi connectivity index (χ1v) is 9.93. The summed E-state index contributed by atoms with van der Waals surface area (Å²) in [5, 5.41) is 9.46. The monoisotopic (exact) mass is 413 g/mol. The van der Waals surface area contributed by atoms with E-state index in [1.807, 2.05) is 60.7 Å². The molecule has 5 heteroatoms. The summed E-state index contributed by atoms with van der Waals surface area (Å²) >= 11 is 0. The van der Waals surface area contributed by atoms with Gasteiger partial charge in [0.05, 0.1) is 25.4 Å². The van der Waals surface area contributed by atoms with Crippen molar-refractivity contribution in [2.24, 2.45) is 0 Å². The first-order chi connectivity index (χ1) is 15.2. The fraction of sp³-hybridized carbons (Fsp3) is 0.154. The molecular weight excluding hydrogens is 390 g/mol. The standard InChI is InChI=1S/C26H23NO4/c1-29-23-12-14-24(15-13-23)30-16-6-11-26(28)31-25-10-5-7-20(18-25)17-22(19-27)21-8-3-2-4-9-21/h2-5,7-10,12-15,17-18H,6,11,16H2,1H3/b22-17-. The van der Waals surface area contributed by atoms with Crippen molar-refractivity contribution in [3.05, 3.63) is 90.0 Å². The van der Waals surface area contributed by atoms with Crippen molar-refractivity contribution < 1.29 is 19.0 Å². The van der Waals surface area contributed by atoms with E-state index < -0.39 is 0 Å². The van der Waals surface area contributed by atoms with Gasteiger partial charge in [0.15, 0.2) is 0 Å². The molecule has 0 fully saturated rings. The third-order valence-corrected chi connectivity index (χ3v) is 4.46. The topological polar surface area (TPSA) is 68.6 Å². The van der Waals surface area contributed by atoms with E-state index in [0.29, 0.717) is 24.4 Å². The summed E-state index contributed by atoms with van der Waals surface area (Å²) in [7, 11) is 1.61. The number of carbonyl (C=O) groups is 1. The Hall–Kier alpha value is -4.04. The van der Waals surface area contributed by atoms with Gasteiger partial charge in [-0.1, -0.05) is 42.5 Å². The minimum absolute atomic E-state index is 0.240. The van der Waals surface area contributed by atoms with Crippen molar-refractivity contribution in [1.29, 1.82) is 5.26 Å². The fourth-order valence-electron chi connectivity index (χ4n) is 2.89. The van der Waals surface area contributed by atoms with Crippen LogP contribution < -0.4 is 14.2 Å². The zero-order valence-corrected chi connectivity index (χ0v) is 17.3. The van der Waals surface area contributed by atoms with Crippen molar-refractivity contribution in [2.75, 3.05) is 13.7 Å². The lowest BCUT2D eigenvalue weighted by Gasteiger charge is -2.08. The van der Waals surface area contributed by atoms with Crippen molar-refractivity contribution in [1.82, 2.24) is 0 Å². The first-order valence-electron chi connectivity index (χ1n) is 9.93. The maximum Gasteiger partial charge on any atom is 0.311 e. The highest BCUT2D eigenvalue weighted by Gasteiger charge is 2.07. The minimum Gasteiger partial charge on any atom is -0.497 e. The van der Waals surface area contributed by atoms with Crippen LogP contribution in [0.25, 0.3) is 11.6 Å². The summed E-state index contributed by atoms with van der Waals surface area (Å²) in [5.41, 5.74) is 2.16. The minimum atomic E-state index is -0.331. The van der Waals surface area contributed by atoms with E-state index in [4.69, 9.17) is 14.2 Å². The maximum atomic E-state index is 12.2. The van der Waals surface area contributed by atoms with Crippen molar-refractivity contribution in [2.45, 2.75) is 12.8 Å². The summed E-state index contributed by atoms with van der Waals surface area (Å²) in [4.78, 5) is 12.2. The zero-order valence-electron chi connectivity index (χ0n) is 17.3. The van der Waals surface area contributed by atoms with Crippen LogP contribution in [0.5, 0.6) is 17.2 Å². The molecule has 0 heterocycles. The molecule has 0 spiro atoms. The number of hydrogen-bond acceptors (Lipinski definition) is 5. The smallest absolute Gasteiger partial charge is 0.311 e. The summed E-state index contributed by atoms with van der Waals surface area (Å²) < 4.78 is 16.2. The molecule has 31 heavy (non-hydrogen) atoms. The quantitative estimate of drug-likeness (QED) is 0.152. The molecule has 3 rings (SSSR count). The van der Waals surface area contributed by atoms with E-state index in [0.717, 1.165) is 22.6 Å². The van der Waals surface area contributed by atoms with Crippen LogP contribution in [0.15, 0.2) is 78.9 Å². The van der Waals surface area contributed by atoms with Crippen LogP contribution in [0.3, 0.4) is 0 Å². The number of carbonyl (C=O) groups excluding carboxylic acids is 1. The predicted molar refractivity (Wildman–Crippen MR) is 120 cm³/mol. The van der Waals surface area contributed by atoms with Gasteiger partial charge < -0.3 is 14.2 Å². The lowest BCUT2D eigenvalue weighted by atomic mass is 10.0. The van der Waals surface area contributed by atoms with Crippen LogP contribution >= 0.6 is 0 Å². The SMILES string of the molecule is COc1ccc(OCCCC(=O)Oc2cccc(/C=C(/C#N)c3ccccc3)c2)cc1. The van der Waals surface area contributed by atoms with Crippen molar-refractivity contribution in [3.8, 4) is 23.3 Å². The second-order valence-electron chi connectivity index (χ2n) is 6.71. The van der Waals surface area contributed by atoms with Gasteiger partial charge in [-0.05, 0) is 60.0 Å². The summed E-state index contributed by atoms with van der Waals surface area (Å²) in [6, 6.07) is 26.1. The number of ether oxygens (including phenoxy) is 3. The van der Waals surface area contributed by atoms with Gasteiger partial charge in [0.2, 0.25) is 0 Å². The molecule has 0 aliphatic carbocycles. The molecular formula is C26H23NO4. The van der Waals surface area contributed by atoms with Gasteiger partial charge in [-0.2, -0.15) is 5.26 Å². The molecule has 0 aliphatic heterocycles. The van der Waals surface area contributed by atoms with Gasteiger partial charge >= 0.3 is 5.97 Å². The molecule has 0 saturated heterocycles. The number of benzene rings is 3. The highest BCUT2D eigenvalue weighted by Crippen LogP contribution is 2.21. The number of allylic oxidation sites excluding steroid dienone is 1. The van der Waals surface area contributed by atoms with Crippen LogP contribution in [-0.2, 0) is 4.79 Å². The lowest BCUT2D eigenvalue weighted by molar-refractivity contribution is -0.134.